The number of rotatable bonds is 10. The largest absolute Gasteiger partial charge is 0.392 e. The van der Waals surface area contributed by atoms with Crippen LogP contribution in [-0.2, 0) is 16.0 Å². The second kappa shape index (κ2) is 10.9. The number of amides is 1. The molecule has 0 heterocycles. The van der Waals surface area contributed by atoms with Gasteiger partial charge in [-0.2, -0.15) is 0 Å². The number of carbonyl (C=O) groups excluding carboxylic acids is 2. The Hall–Kier alpha value is -2.20. The lowest BCUT2D eigenvalue weighted by molar-refractivity contribution is -0.128. The van der Waals surface area contributed by atoms with E-state index in [0.29, 0.717) is 24.7 Å². The molecule has 1 amide bonds. The van der Waals surface area contributed by atoms with Gasteiger partial charge in [0.15, 0.2) is 5.78 Å². The van der Waals surface area contributed by atoms with Crippen LogP contribution in [0.15, 0.2) is 48.1 Å². The van der Waals surface area contributed by atoms with Crippen molar-refractivity contribution in [1.29, 1.82) is 0 Å². The Kier molecular flexibility index (Phi) is 8.25. The number of carbonyl (C=O) groups is 2. The van der Waals surface area contributed by atoms with Gasteiger partial charge in [-0.3, -0.25) is 9.59 Å². The van der Waals surface area contributed by atoms with E-state index < -0.39 is 0 Å². The van der Waals surface area contributed by atoms with Crippen LogP contribution >= 0.6 is 0 Å². The van der Waals surface area contributed by atoms with Crippen molar-refractivity contribution in [1.82, 2.24) is 4.90 Å². The summed E-state index contributed by atoms with van der Waals surface area (Å²) in [7, 11) is 3.60. The van der Waals surface area contributed by atoms with E-state index >= 15 is 0 Å². The molecule has 4 atom stereocenters. The van der Waals surface area contributed by atoms with E-state index in [9.17, 15) is 14.7 Å². The summed E-state index contributed by atoms with van der Waals surface area (Å²) in [5.41, 5.74) is 3.87. The van der Waals surface area contributed by atoms with E-state index in [0.717, 1.165) is 38.5 Å². The molecule has 2 aliphatic rings. The minimum Gasteiger partial charge on any atom is -0.392 e. The Morgan fingerprint density at radius 2 is 1.84 bits per heavy atom. The average Bonchev–Trinajstić information content (AvgIpc) is 3.25. The number of hydrogen-bond acceptors (Lipinski definition) is 3. The normalized spacial score (nSPS) is 25.0. The van der Waals surface area contributed by atoms with Crippen LogP contribution in [0.3, 0.4) is 0 Å². The van der Waals surface area contributed by atoms with Gasteiger partial charge in [0.25, 0.3) is 0 Å². The molecule has 1 aromatic rings. The molecule has 3 rings (SSSR count). The van der Waals surface area contributed by atoms with Crippen molar-refractivity contribution in [3.8, 4) is 0 Å². The first-order valence-corrected chi connectivity index (χ1v) is 11.7. The fraction of sp³-hybridized carbons (Fsp3) is 0.556. The predicted molar refractivity (Wildman–Crippen MR) is 125 cm³/mol. The summed E-state index contributed by atoms with van der Waals surface area (Å²) in [5.74, 6) is 1.23. The van der Waals surface area contributed by atoms with E-state index in [1.165, 1.54) is 16.7 Å². The summed E-state index contributed by atoms with van der Waals surface area (Å²) in [4.78, 5) is 25.7. The summed E-state index contributed by atoms with van der Waals surface area (Å²) in [5, 5.41) is 10.5. The van der Waals surface area contributed by atoms with Crippen molar-refractivity contribution in [2.45, 2.75) is 64.4 Å². The van der Waals surface area contributed by atoms with Crippen LogP contribution in [0.1, 0.15) is 56.1 Å². The van der Waals surface area contributed by atoms with Gasteiger partial charge in [0, 0.05) is 32.9 Å². The van der Waals surface area contributed by atoms with Crippen LogP contribution in [0.25, 0.3) is 0 Å². The van der Waals surface area contributed by atoms with Crippen LogP contribution < -0.4 is 0 Å². The average molecular weight is 424 g/mol. The Bertz CT molecular complexity index is 821. The van der Waals surface area contributed by atoms with E-state index in [-0.39, 0.29) is 23.7 Å². The molecule has 0 aromatic heterocycles. The minimum absolute atomic E-state index is 0.0670. The third kappa shape index (κ3) is 6.64. The van der Waals surface area contributed by atoms with Gasteiger partial charge in [-0.25, -0.2) is 0 Å². The topological polar surface area (TPSA) is 57.6 Å². The molecule has 0 spiro atoms. The molecule has 1 fully saturated rings. The second-order valence-corrected chi connectivity index (χ2v) is 9.54. The first-order chi connectivity index (χ1) is 14.8. The first kappa shape index (κ1) is 23.5. The molecule has 2 aliphatic carbocycles. The van der Waals surface area contributed by atoms with Gasteiger partial charge in [-0.1, -0.05) is 47.6 Å². The van der Waals surface area contributed by atoms with E-state index in [1.807, 2.05) is 6.08 Å². The standard InChI is InChI=1S/C27H37NO3/c1-19-8-10-20(11-9-19)12-13-23(29)14-15-24-25-17-21(16-22(25)18-26(24)30)6-4-5-7-27(31)28(2)3/h8-11,14-16,22,24-26,30H,4-7,12-13,17-18H2,1-3H3/t22-,24+,25-,26+/m0/s1. The molecule has 31 heavy (non-hydrogen) atoms. The smallest absolute Gasteiger partial charge is 0.222 e. The van der Waals surface area contributed by atoms with Crippen molar-refractivity contribution in [3.05, 3.63) is 59.2 Å². The van der Waals surface area contributed by atoms with E-state index in [1.54, 1.807) is 25.1 Å². The van der Waals surface area contributed by atoms with Gasteiger partial charge in [0.1, 0.15) is 0 Å². The fourth-order valence-corrected chi connectivity index (χ4v) is 4.97. The van der Waals surface area contributed by atoms with Crippen LogP contribution in [0.2, 0.25) is 0 Å². The molecule has 4 heteroatoms. The molecular weight excluding hydrogens is 386 g/mol. The Morgan fingerprint density at radius 3 is 2.55 bits per heavy atom. The SMILES string of the molecule is Cc1ccc(CCC(=O)C=C[C@@H]2[C@H]3CC(CCCCC(=O)N(C)C)=C[C@H]3C[C@H]2O)cc1. The molecule has 0 bridgehead atoms. The summed E-state index contributed by atoms with van der Waals surface area (Å²) in [6.07, 6.45) is 12.3. The highest BCUT2D eigenvalue weighted by molar-refractivity contribution is 5.89. The van der Waals surface area contributed by atoms with Gasteiger partial charge in [0.05, 0.1) is 6.10 Å². The number of unbranched alkanes of at least 4 members (excludes halogenated alkanes) is 1. The highest BCUT2D eigenvalue weighted by atomic mass is 16.3. The van der Waals surface area contributed by atoms with Gasteiger partial charge in [0.2, 0.25) is 5.91 Å². The van der Waals surface area contributed by atoms with Crippen molar-refractivity contribution >= 4 is 11.7 Å². The number of allylic oxidation sites excluding steroid dienone is 3. The molecule has 0 radical (unpaired) electrons. The zero-order chi connectivity index (χ0) is 22.4. The third-order valence-electron chi connectivity index (χ3n) is 6.87. The molecule has 168 valence electrons. The maximum atomic E-state index is 12.4. The van der Waals surface area contributed by atoms with Crippen molar-refractivity contribution < 1.29 is 14.7 Å². The summed E-state index contributed by atoms with van der Waals surface area (Å²) in [6.45, 7) is 2.06. The molecular formula is C27H37NO3. The number of aryl methyl sites for hydroxylation is 2. The lowest BCUT2D eigenvalue weighted by atomic mass is 9.88. The van der Waals surface area contributed by atoms with Gasteiger partial charge < -0.3 is 10.0 Å². The van der Waals surface area contributed by atoms with Gasteiger partial charge in [-0.15, -0.1) is 0 Å². The van der Waals surface area contributed by atoms with Crippen molar-refractivity contribution in [2.24, 2.45) is 17.8 Å². The predicted octanol–water partition coefficient (Wildman–Crippen LogP) is 4.64. The van der Waals surface area contributed by atoms with Crippen LogP contribution in [0, 0.1) is 24.7 Å². The lowest BCUT2D eigenvalue weighted by Crippen LogP contribution is -2.21. The van der Waals surface area contributed by atoms with Crippen LogP contribution in [0.5, 0.6) is 0 Å². The summed E-state index contributed by atoms with van der Waals surface area (Å²) in [6, 6.07) is 8.32. The van der Waals surface area contributed by atoms with Crippen LogP contribution in [-0.4, -0.2) is 41.9 Å². The van der Waals surface area contributed by atoms with E-state index in [4.69, 9.17) is 0 Å². The number of benzene rings is 1. The van der Waals surface area contributed by atoms with Gasteiger partial charge in [-0.05, 0) is 68.9 Å². The number of hydrogen-bond donors (Lipinski definition) is 1. The summed E-state index contributed by atoms with van der Waals surface area (Å²) < 4.78 is 0. The third-order valence-corrected chi connectivity index (χ3v) is 6.87. The minimum atomic E-state index is -0.355. The second-order valence-electron chi connectivity index (χ2n) is 9.54. The summed E-state index contributed by atoms with van der Waals surface area (Å²) >= 11 is 0. The highest BCUT2D eigenvalue weighted by Gasteiger charge is 2.43. The van der Waals surface area contributed by atoms with Gasteiger partial charge >= 0.3 is 0 Å². The number of aliphatic hydroxyl groups excluding tert-OH is 1. The number of ketones is 1. The quantitative estimate of drug-likeness (QED) is 0.339. The Balaban J connectivity index is 1.44. The Morgan fingerprint density at radius 1 is 1.10 bits per heavy atom. The molecule has 4 nitrogen and oxygen atoms in total. The highest BCUT2D eigenvalue weighted by Crippen LogP contribution is 2.48. The van der Waals surface area contributed by atoms with Crippen LogP contribution in [0.4, 0.5) is 0 Å². The molecule has 0 unspecified atom stereocenters. The maximum Gasteiger partial charge on any atom is 0.222 e. The molecule has 1 saturated carbocycles. The number of nitrogens with zero attached hydrogens (tertiary/aromatic N) is 1. The Labute approximate surface area is 187 Å². The zero-order valence-corrected chi connectivity index (χ0v) is 19.2. The molecule has 0 aliphatic heterocycles. The lowest BCUT2D eigenvalue weighted by Gasteiger charge is -2.18. The zero-order valence-electron chi connectivity index (χ0n) is 19.2. The number of fused-ring (bicyclic) bond motifs is 1. The fourth-order valence-electron chi connectivity index (χ4n) is 4.97. The monoisotopic (exact) mass is 423 g/mol. The van der Waals surface area contributed by atoms with E-state index in [2.05, 4.69) is 37.3 Å². The molecule has 1 N–H and O–H groups in total. The maximum absolute atomic E-state index is 12.4. The first-order valence-electron chi connectivity index (χ1n) is 11.7. The number of aliphatic hydroxyl groups is 1. The van der Waals surface area contributed by atoms with Crippen molar-refractivity contribution in [3.63, 3.8) is 0 Å². The molecule has 1 aromatic carbocycles. The van der Waals surface area contributed by atoms with Crippen molar-refractivity contribution in [2.75, 3.05) is 14.1 Å². The molecule has 0 saturated heterocycles.